The summed E-state index contributed by atoms with van der Waals surface area (Å²) in [6, 6.07) is 1.77. The summed E-state index contributed by atoms with van der Waals surface area (Å²) in [4.78, 5) is 11.2. The molecule has 2 aromatic heterocycles. The molecule has 6 heteroatoms. The van der Waals surface area contributed by atoms with Crippen molar-refractivity contribution in [3.05, 3.63) is 24.2 Å². The second kappa shape index (κ2) is 4.82. The molecule has 0 aliphatic heterocycles. The highest BCUT2D eigenvalue weighted by Gasteiger charge is 2.19. The second-order valence-electron chi connectivity index (χ2n) is 3.53. The van der Waals surface area contributed by atoms with Crippen molar-refractivity contribution in [1.82, 2.24) is 15.0 Å². The summed E-state index contributed by atoms with van der Waals surface area (Å²) in [5.41, 5.74) is 1.72. The van der Waals surface area contributed by atoms with Crippen LogP contribution in [-0.2, 0) is 0 Å². The molecule has 0 fully saturated rings. The Morgan fingerprint density at radius 3 is 3.00 bits per heavy atom. The number of aliphatic hydroxyl groups excluding tert-OH is 2. The van der Waals surface area contributed by atoms with E-state index in [1.165, 1.54) is 6.20 Å². The van der Waals surface area contributed by atoms with Crippen LogP contribution in [0.25, 0.3) is 11.2 Å². The normalized spacial score (nSPS) is 15.2. The minimum Gasteiger partial charge on any atom is -0.390 e. The van der Waals surface area contributed by atoms with E-state index in [1.54, 1.807) is 12.3 Å². The number of fused-ring (bicyclic) bond motifs is 1. The predicted octanol–water partition coefficient (Wildman–Crippen LogP) is 0.672. The molecule has 2 unspecified atom stereocenters. The fraction of sp³-hybridized carbons (Fsp3) is 0.400. The van der Waals surface area contributed by atoms with E-state index in [0.717, 1.165) is 0 Å². The van der Waals surface area contributed by atoms with Gasteiger partial charge < -0.3 is 15.2 Å². The topological polar surface area (TPSA) is 82.0 Å². The van der Waals surface area contributed by atoms with Crippen LogP contribution in [0.2, 0.25) is 0 Å². The molecule has 2 atom stereocenters. The van der Waals surface area contributed by atoms with Gasteiger partial charge >= 0.3 is 0 Å². The van der Waals surface area contributed by atoms with E-state index in [1.807, 2.05) is 0 Å². The molecule has 86 valence electrons. The first-order chi connectivity index (χ1) is 7.72. The number of aromatic amines is 1. The van der Waals surface area contributed by atoms with Crippen molar-refractivity contribution < 1.29 is 10.2 Å². The van der Waals surface area contributed by atoms with Gasteiger partial charge in [0.2, 0.25) is 0 Å². The first-order valence-electron chi connectivity index (χ1n) is 4.99. The number of rotatable bonds is 4. The molecule has 0 aliphatic rings. The summed E-state index contributed by atoms with van der Waals surface area (Å²) in [5, 5.41) is 19.4. The average Bonchev–Trinajstić information content (AvgIpc) is 2.75. The smallest absolute Gasteiger partial charge is 0.156 e. The molecule has 2 heterocycles. The molecule has 16 heavy (non-hydrogen) atoms. The Morgan fingerprint density at radius 2 is 2.25 bits per heavy atom. The minimum atomic E-state index is -1.01. The average molecular weight is 239 g/mol. The van der Waals surface area contributed by atoms with Gasteiger partial charge in [0, 0.05) is 6.20 Å². The molecule has 0 radical (unpaired) electrons. The van der Waals surface area contributed by atoms with Crippen LogP contribution in [-0.4, -0.2) is 37.0 Å². The van der Waals surface area contributed by atoms with Crippen LogP contribution in [0.5, 0.6) is 0 Å². The van der Waals surface area contributed by atoms with Gasteiger partial charge in [-0.1, -0.05) is 0 Å². The van der Waals surface area contributed by atoms with E-state index in [-0.39, 0.29) is 0 Å². The zero-order valence-electron chi connectivity index (χ0n) is 8.54. The molecule has 0 aromatic carbocycles. The molecule has 0 saturated heterocycles. The van der Waals surface area contributed by atoms with Gasteiger partial charge in [-0.2, -0.15) is 12.6 Å². The molecular weight excluding hydrogens is 226 g/mol. The van der Waals surface area contributed by atoms with Crippen LogP contribution in [0.3, 0.4) is 0 Å². The molecule has 0 saturated carbocycles. The molecule has 0 aliphatic carbocycles. The highest BCUT2D eigenvalue weighted by atomic mass is 32.1. The maximum absolute atomic E-state index is 9.82. The van der Waals surface area contributed by atoms with Crippen LogP contribution in [0.15, 0.2) is 18.5 Å². The summed E-state index contributed by atoms with van der Waals surface area (Å²) in [6.07, 6.45) is 1.73. The van der Waals surface area contributed by atoms with E-state index < -0.39 is 12.2 Å². The number of aromatic nitrogens is 3. The third-order valence-corrected chi connectivity index (χ3v) is 2.63. The van der Waals surface area contributed by atoms with Crippen LogP contribution >= 0.6 is 12.6 Å². The second-order valence-corrected chi connectivity index (χ2v) is 3.98. The molecule has 2 aromatic rings. The van der Waals surface area contributed by atoms with Gasteiger partial charge in [-0.25, -0.2) is 9.97 Å². The predicted molar refractivity (Wildman–Crippen MR) is 63.3 cm³/mol. The van der Waals surface area contributed by atoms with Crippen LogP contribution < -0.4 is 0 Å². The largest absolute Gasteiger partial charge is 0.390 e. The number of H-pyrrole nitrogens is 1. The first-order valence-corrected chi connectivity index (χ1v) is 5.62. The van der Waals surface area contributed by atoms with Gasteiger partial charge in [-0.05, 0) is 18.2 Å². The first kappa shape index (κ1) is 11.4. The summed E-state index contributed by atoms with van der Waals surface area (Å²) in [5.74, 6) is 0.512. The maximum atomic E-state index is 9.82. The van der Waals surface area contributed by atoms with Crippen molar-refractivity contribution in [3.8, 4) is 0 Å². The SMILES string of the molecule is OC(CCS)C(O)c1cnc2[nH]ccc2n1. The van der Waals surface area contributed by atoms with Gasteiger partial charge in [0.1, 0.15) is 11.6 Å². The summed E-state index contributed by atoms with van der Waals surface area (Å²) >= 11 is 4.00. The molecule has 0 bridgehead atoms. The lowest BCUT2D eigenvalue weighted by molar-refractivity contribution is 0.0147. The van der Waals surface area contributed by atoms with Crippen molar-refractivity contribution in [1.29, 1.82) is 0 Å². The van der Waals surface area contributed by atoms with Gasteiger partial charge in [-0.3, -0.25) is 0 Å². The lowest BCUT2D eigenvalue weighted by atomic mass is 10.1. The van der Waals surface area contributed by atoms with E-state index in [9.17, 15) is 10.2 Å². The molecule has 0 amide bonds. The van der Waals surface area contributed by atoms with E-state index in [4.69, 9.17) is 0 Å². The van der Waals surface area contributed by atoms with Crippen LogP contribution in [0, 0.1) is 0 Å². The van der Waals surface area contributed by atoms with Crippen molar-refractivity contribution in [2.45, 2.75) is 18.6 Å². The monoisotopic (exact) mass is 239 g/mol. The van der Waals surface area contributed by atoms with Crippen LogP contribution in [0.4, 0.5) is 0 Å². The van der Waals surface area contributed by atoms with Crippen molar-refractivity contribution >= 4 is 23.8 Å². The lowest BCUT2D eigenvalue weighted by Crippen LogP contribution is -2.19. The Hall–Kier alpha value is -1.11. The Bertz CT molecular complexity index is 474. The Balaban J connectivity index is 2.24. The quantitative estimate of drug-likeness (QED) is 0.591. The number of nitrogens with zero attached hydrogens (tertiary/aromatic N) is 2. The summed E-state index contributed by atoms with van der Waals surface area (Å²) in [7, 11) is 0. The van der Waals surface area contributed by atoms with Gasteiger partial charge in [0.25, 0.3) is 0 Å². The Morgan fingerprint density at radius 1 is 1.44 bits per heavy atom. The highest BCUT2D eigenvalue weighted by molar-refractivity contribution is 7.80. The van der Waals surface area contributed by atoms with Crippen LogP contribution in [0.1, 0.15) is 18.2 Å². The Labute approximate surface area is 98.0 Å². The third kappa shape index (κ3) is 2.18. The number of nitrogens with one attached hydrogen (secondary N) is 1. The van der Waals surface area contributed by atoms with Gasteiger partial charge in [-0.15, -0.1) is 0 Å². The standard InChI is InChI=1S/C10H13N3O2S/c14-8(2-4-16)9(15)7-5-12-10-6(13-7)1-3-11-10/h1,3,5,8-9,14-16H,2,4H2,(H,11,12). The zero-order valence-corrected chi connectivity index (χ0v) is 9.43. The molecule has 5 nitrogen and oxygen atoms in total. The number of aliphatic hydroxyl groups is 2. The molecule has 2 rings (SSSR count). The third-order valence-electron chi connectivity index (χ3n) is 2.37. The zero-order chi connectivity index (χ0) is 11.5. The number of hydrogen-bond acceptors (Lipinski definition) is 5. The van der Waals surface area contributed by atoms with E-state index in [2.05, 4.69) is 27.6 Å². The lowest BCUT2D eigenvalue weighted by Gasteiger charge is -2.15. The fourth-order valence-electron chi connectivity index (χ4n) is 1.47. The molecule has 3 N–H and O–H groups in total. The van der Waals surface area contributed by atoms with Crippen molar-refractivity contribution in [2.75, 3.05) is 5.75 Å². The summed E-state index contributed by atoms with van der Waals surface area (Å²) in [6.45, 7) is 0. The highest BCUT2D eigenvalue weighted by Crippen LogP contribution is 2.18. The van der Waals surface area contributed by atoms with Crippen molar-refractivity contribution in [3.63, 3.8) is 0 Å². The van der Waals surface area contributed by atoms with Gasteiger partial charge in [0.15, 0.2) is 5.65 Å². The maximum Gasteiger partial charge on any atom is 0.156 e. The number of thiol groups is 1. The van der Waals surface area contributed by atoms with Gasteiger partial charge in [0.05, 0.1) is 18.0 Å². The summed E-state index contributed by atoms with van der Waals surface area (Å²) < 4.78 is 0. The molecule has 0 spiro atoms. The number of hydrogen-bond donors (Lipinski definition) is 4. The fourth-order valence-corrected chi connectivity index (χ4v) is 1.74. The Kier molecular flexibility index (Phi) is 3.42. The van der Waals surface area contributed by atoms with E-state index >= 15 is 0 Å². The van der Waals surface area contributed by atoms with E-state index in [0.29, 0.717) is 29.0 Å². The minimum absolute atomic E-state index is 0.376. The molecular formula is C10H13N3O2S. The van der Waals surface area contributed by atoms with Crippen molar-refractivity contribution in [2.24, 2.45) is 0 Å².